The fourth-order valence-electron chi connectivity index (χ4n) is 1.09. The minimum atomic E-state index is 0.668. The largest absolute Gasteiger partial charge is 0.286 e. The normalized spacial score (nSPS) is 24.0. The van der Waals surface area contributed by atoms with Crippen LogP contribution in [0.15, 0.2) is 0 Å². The number of hydrogen-bond donors (Lipinski definition) is 1. The van der Waals surface area contributed by atoms with E-state index in [4.69, 9.17) is 0 Å². The van der Waals surface area contributed by atoms with E-state index in [-0.39, 0.29) is 0 Å². The van der Waals surface area contributed by atoms with Crippen molar-refractivity contribution in [3.05, 3.63) is 0 Å². The van der Waals surface area contributed by atoms with Crippen molar-refractivity contribution in [2.45, 2.75) is 19.9 Å². The van der Waals surface area contributed by atoms with Gasteiger partial charge in [0.15, 0.2) is 0 Å². The van der Waals surface area contributed by atoms with Gasteiger partial charge in [-0.15, -0.1) is 0 Å². The van der Waals surface area contributed by atoms with Crippen LogP contribution in [0.25, 0.3) is 0 Å². The quantitative estimate of drug-likeness (QED) is 0.562. The van der Waals surface area contributed by atoms with E-state index in [2.05, 4.69) is 36.2 Å². The van der Waals surface area contributed by atoms with Crippen molar-refractivity contribution in [1.82, 2.24) is 15.3 Å². The monoisotopic (exact) mass is 143 g/mol. The van der Waals surface area contributed by atoms with Crippen LogP contribution in [0.3, 0.4) is 0 Å². The zero-order chi connectivity index (χ0) is 7.56. The van der Waals surface area contributed by atoms with Crippen LogP contribution in [0.4, 0.5) is 0 Å². The van der Waals surface area contributed by atoms with E-state index in [1.54, 1.807) is 0 Å². The second-order valence-corrected chi connectivity index (χ2v) is 3.14. The van der Waals surface area contributed by atoms with Gasteiger partial charge in [-0.05, 0) is 13.8 Å². The van der Waals surface area contributed by atoms with Crippen LogP contribution < -0.4 is 5.43 Å². The molecule has 60 valence electrons. The molecule has 0 amide bonds. The van der Waals surface area contributed by atoms with Crippen molar-refractivity contribution < 1.29 is 0 Å². The first-order valence-electron chi connectivity index (χ1n) is 3.89. The number of rotatable bonds is 1. The number of nitrogens with one attached hydrogen (secondary N) is 1. The van der Waals surface area contributed by atoms with Gasteiger partial charge in [-0.25, -0.2) is 10.4 Å². The van der Waals surface area contributed by atoms with Crippen molar-refractivity contribution in [2.24, 2.45) is 0 Å². The molecule has 0 spiro atoms. The molecule has 3 heteroatoms. The molecule has 0 atom stereocenters. The Morgan fingerprint density at radius 1 is 1.30 bits per heavy atom. The first-order valence-corrected chi connectivity index (χ1v) is 3.89. The molecule has 1 fully saturated rings. The molecule has 0 aromatic heterocycles. The van der Waals surface area contributed by atoms with Gasteiger partial charge in [-0.3, -0.25) is 4.90 Å². The summed E-state index contributed by atoms with van der Waals surface area (Å²) in [6.45, 7) is 7.76. The number of likely N-dealkylation sites (N-methyl/N-ethyl adjacent to an activating group) is 1. The standard InChI is InChI=1S/C7H17N3/c1-7(2)10-5-4-9(3)8-6-10/h7-8H,4-6H2,1-3H3. The van der Waals surface area contributed by atoms with E-state index in [9.17, 15) is 0 Å². The van der Waals surface area contributed by atoms with Crippen molar-refractivity contribution >= 4 is 0 Å². The first kappa shape index (κ1) is 7.98. The molecule has 0 aromatic rings. The van der Waals surface area contributed by atoms with Crippen LogP contribution in [0, 0.1) is 0 Å². The number of hydrogen-bond acceptors (Lipinski definition) is 3. The SMILES string of the molecule is CC(C)N1CCN(C)NC1. The van der Waals surface area contributed by atoms with Gasteiger partial charge >= 0.3 is 0 Å². The highest BCUT2D eigenvalue weighted by Gasteiger charge is 2.14. The third kappa shape index (κ3) is 1.94. The molecule has 1 N–H and O–H groups in total. The van der Waals surface area contributed by atoms with Gasteiger partial charge in [0.1, 0.15) is 0 Å². The Bertz CT molecular complexity index is 95.0. The Morgan fingerprint density at radius 3 is 2.40 bits per heavy atom. The lowest BCUT2D eigenvalue weighted by Gasteiger charge is -2.35. The summed E-state index contributed by atoms with van der Waals surface area (Å²) >= 11 is 0. The molecule has 0 radical (unpaired) electrons. The Balaban J connectivity index is 2.26. The van der Waals surface area contributed by atoms with Crippen molar-refractivity contribution in [2.75, 3.05) is 26.8 Å². The lowest BCUT2D eigenvalue weighted by molar-refractivity contribution is 0.0643. The van der Waals surface area contributed by atoms with Gasteiger partial charge in [-0.1, -0.05) is 0 Å². The third-order valence-electron chi connectivity index (χ3n) is 2.00. The van der Waals surface area contributed by atoms with Gasteiger partial charge in [0.05, 0.1) is 6.67 Å². The summed E-state index contributed by atoms with van der Waals surface area (Å²) < 4.78 is 0. The molecule has 1 saturated heterocycles. The topological polar surface area (TPSA) is 18.5 Å². The highest BCUT2D eigenvalue weighted by molar-refractivity contribution is 4.66. The first-order chi connectivity index (χ1) is 4.70. The molecule has 1 aliphatic heterocycles. The molecule has 1 heterocycles. The van der Waals surface area contributed by atoms with Gasteiger partial charge < -0.3 is 0 Å². The molecular weight excluding hydrogens is 126 g/mol. The van der Waals surface area contributed by atoms with Crippen molar-refractivity contribution in [3.63, 3.8) is 0 Å². The summed E-state index contributed by atoms with van der Waals surface area (Å²) in [6.07, 6.45) is 0. The lowest BCUT2D eigenvalue weighted by atomic mass is 10.3. The van der Waals surface area contributed by atoms with Crippen molar-refractivity contribution in [1.29, 1.82) is 0 Å². The van der Waals surface area contributed by atoms with Crippen LogP contribution in [0.5, 0.6) is 0 Å². The summed E-state index contributed by atoms with van der Waals surface area (Å²) in [4.78, 5) is 2.42. The smallest absolute Gasteiger partial charge is 0.0619 e. The molecule has 1 rings (SSSR count). The molecule has 0 unspecified atom stereocenters. The Kier molecular flexibility index (Phi) is 2.65. The van der Waals surface area contributed by atoms with Crippen LogP contribution in [-0.4, -0.2) is 42.8 Å². The van der Waals surface area contributed by atoms with Gasteiger partial charge in [0.25, 0.3) is 0 Å². The molecule has 3 nitrogen and oxygen atoms in total. The van der Waals surface area contributed by atoms with E-state index in [0.29, 0.717) is 6.04 Å². The minimum absolute atomic E-state index is 0.668. The molecular formula is C7H17N3. The average Bonchev–Trinajstić information content (AvgIpc) is 1.88. The van der Waals surface area contributed by atoms with Crippen LogP contribution in [-0.2, 0) is 0 Å². The number of hydrazine groups is 1. The van der Waals surface area contributed by atoms with Crippen LogP contribution in [0.2, 0.25) is 0 Å². The maximum Gasteiger partial charge on any atom is 0.0619 e. The zero-order valence-corrected chi connectivity index (χ0v) is 7.09. The van der Waals surface area contributed by atoms with Gasteiger partial charge in [0.2, 0.25) is 0 Å². The Hall–Kier alpha value is -0.120. The van der Waals surface area contributed by atoms with Crippen molar-refractivity contribution in [3.8, 4) is 0 Å². The minimum Gasteiger partial charge on any atom is -0.286 e. The highest BCUT2D eigenvalue weighted by Crippen LogP contribution is 1.99. The summed E-state index contributed by atoms with van der Waals surface area (Å²) in [7, 11) is 2.08. The van der Waals surface area contributed by atoms with Gasteiger partial charge in [0, 0.05) is 26.2 Å². The molecule has 0 aliphatic carbocycles. The van der Waals surface area contributed by atoms with E-state index in [1.165, 1.54) is 6.54 Å². The Labute approximate surface area is 63.0 Å². The predicted octanol–water partition coefficient (Wildman–Crippen LogP) is 0.104. The summed E-state index contributed by atoms with van der Waals surface area (Å²) in [6, 6.07) is 0.668. The predicted molar refractivity (Wildman–Crippen MR) is 42.5 cm³/mol. The fourth-order valence-corrected chi connectivity index (χ4v) is 1.09. The molecule has 0 aromatic carbocycles. The van der Waals surface area contributed by atoms with E-state index < -0.39 is 0 Å². The summed E-state index contributed by atoms with van der Waals surface area (Å²) in [5.41, 5.74) is 3.27. The molecule has 10 heavy (non-hydrogen) atoms. The highest BCUT2D eigenvalue weighted by atomic mass is 15.6. The fraction of sp³-hybridized carbons (Fsp3) is 1.00. The second-order valence-electron chi connectivity index (χ2n) is 3.14. The summed E-state index contributed by atoms with van der Waals surface area (Å²) in [5, 5.41) is 2.14. The average molecular weight is 143 g/mol. The Morgan fingerprint density at radius 2 is 2.00 bits per heavy atom. The lowest BCUT2D eigenvalue weighted by Crippen LogP contribution is -2.54. The van der Waals surface area contributed by atoms with E-state index in [0.717, 1.165) is 13.2 Å². The van der Waals surface area contributed by atoms with Crippen LogP contribution in [0.1, 0.15) is 13.8 Å². The van der Waals surface area contributed by atoms with E-state index in [1.807, 2.05) is 0 Å². The summed E-state index contributed by atoms with van der Waals surface area (Å²) in [5.74, 6) is 0. The number of nitrogens with zero attached hydrogens (tertiary/aromatic N) is 2. The van der Waals surface area contributed by atoms with E-state index >= 15 is 0 Å². The maximum atomic E-state index is 3.27. The second kappa shape index (κ2) is 3.32. The zero-order valence-electron chi connectivity index (χ0n) is 7.09. The van der Waals surface area contributed by atoms with Crippen LogP contribution >= 0.6 is 0 Å². The maximum absolute atomic E-state index is 3.27. The molecule has 0 bridgehead atoms. The molecule has 0 saturated carbocycles. The molecule has 1 aliphatic rings. The van der Waals surface area contributed by atoms with Gasteiger partial charge in [-0.2, -0.15) is 0 Å². The third-order valence-corrected chi connectivity index (χ3v) is 2.00.